The summed E-state index contributed by atoms with van der Waals surface area (Å²) in [6.07, 6.45) is 2.26. The fourth-order valence-electron chi connectivity index (χ4n) is 4.04. The van der Waals surface area contributed by atoms with Crippen molar-refractivity contribution in [1.82, 2.24) is 5.32 Å². The molecule has 2 atom stereocenters. The molecule has 3 aromatic rings. The second-order valence-electron chi connectivity index (χ2n) is 7.83. The zero-order valence-corrected chi connectivity index (χ0v) is 19.8. The third-order valence-corrected chi connectivity index (χ3v) is 7.82. The number of carbonyl (C=O) groups excluding carboxylic acids is 2. The lowest BCUT2D eigenvalue weighted by Gasteiger charge is -2.20. The van der Waals surface area contributed by atoms with E-state index in [9.17, 15) is 18.0 Å². The summed E-state index contributed by atoms with van der Waals surface area (Å²) in [7, 11) is -3.87. The minimum absolute atomic E-state index is 0.0401. The lowest BCUT2D eigenvalue weighted by atomic mass is 10.0. The molecule has 0 saturated heterocycles. The fourth-order valence-corrected chi connectivity index (χ4v) is 5.75. The van der Waals surface area contributed by atoms with Crippen LogP contribution in [0.2, 0.25) is 4.34 Å². The Balaban J connectivity index is 1.44. The van der Waals surface area contributed by atoms with Crippen LogP contribution in [0, 0.1) is 5.92 Å². The Morgan fingerprint density at radius 3 is 2.39 bits per heavy atom. The number of anilines is 1. The standard InChI is InChI=1S/C23H22ClN3O4S2/c24-21-13-12-19(32-21)23(29)27-18-6-3-5-17(18)22(28)26-15-10-8-14(9-11-15)16-4-1-2-7-20(16)33(25,30)31/h1-2,4,7-13,17-18H,3,5-6H2,(H,26,28)(H,27,29)(H2,25,30,31)/t17-,18+/m0/s1. The molecule has 33 heavy (non-hydrogen) atoms. The van der Waals surface area contributed by atoms with Gasteiger partial charge in [-0.3, -0.25) is 9.59 Å². The Morgan fingerprint density at radius 2 is 1.73 bits per heavy atom. The molecule has 0 spiro atoms. The molecule has 4 rings (SSSR count). The van der Waals surface area contributed by atoms with Gasteiger partial charge in [-0.1, -0.05) is 48.4 Å². The van der Waals surface area contributed by atoms with Gasteiger partial charge >= 0.3 is 0 Å². The van der Waals surface area contributed by atoms with E-state index in [4.69, 9.17) is 16.7 Å². The van der Waals surface area contributed by atoms with E-state index in [0.29, 0.717) is 32.4 Å². The maximum Gasteiger partial charge on any atom is 0.261 e. The van der Waals surface area contributed by atoms with E-state index in [1.807, 2.05) is 0 Å². The molecule has 1 fully saturated rings. The van der Waals surface area contributed by atoms with Crippen LogP contribution >= 0.6 is 22.9 Å². The molecule has 1 aliphatic carbocycles. The van der Waals surface area contributed by atoms with Crippen LogP contribution in [0.25, 0.3) is 11.1 Å². The molecule has 7 nitrogen and oxygen atoms in total. The number of nitrogens with two attached hydrogens (primary N) is 1. The normalized spacial score (nSPS) is 18.1. The zero-order chi connectivity index (χ0) is 23.6. The fraction of sp³-hybridized carbons (Fsp3) is 0.217. The molecule has 0 aliphatic heterocycles. The van der Waals surface area contributed by atoms with Crippen LogP contribution in [0.1, 0.15) is 28.9 Å². The molecule has 1 aromatic heterocycles. The number of primary sulfonamides is 1. The number of carbonyl (C=O) groups is 2. The van der Waals surface area contributed by atoms with Crippen molar-refractivity contribution in [3.05, 3.63) is 69.9 Å². The van der Waals surface area contributed by atoms with Gasteiger partial charge in [0.25, 0.3) is 5.91 Å². The highest BCUT2D eigenvalue weighted by atomic mass is 35.5. The van der Waals surface area contributed by atoms with Crippen LogP contribution in [0.15, 0.2) is 65.6 Å². The van der Waals surface area contributed by atoms with Crippen molar-refractivity contribution < 1.29 is 18.0 Å². The Hall–Kier alpha value is -2.72. The Morgan fingerprint density at radius 1 is 1.00 bits per heavy atom. The summed E-state index contributed by atoms with van der Waals surface area (Å²) >= 11 is 7.11. The van der Waals surface area contributed by atoms with Crippen LogP contribution in [0.3, 0.4) is 0 Å². The molecule has 4 N–H and O–H groups in total. The highest BCUT2D eigenvalue weighted by Gasteiger charge is 2.34. The van der Waals surface area contributed by atoms with Crippen LogP contribution in [-0.2, 0) is 14.8 Å². The van der Waals surface area contributed by atoms with Crippen LogP contribution in [-0.4, -0.2) is 26.3 Å². The summed E-state index contributed by atoms with van der Waals surface area (Å²) in [5, 5.41) is 11.2. The highest BCUT2D eigenvalue weighted by molar-refractivity contribution is 7.89. The number of thiophene rings is 1. The second kappa shape index (κ2) is 9.64. The Kier molecular flexibility index (Phi) is 6.85. The van der Waals surface area contributed by atoms with Gasteiger partial charge < -0.3 is 10.6 Å². The number of hydrogen-bond donors (Lipinski definition) is 3. The van der Waals surface area contributed by atoms with Crippen LogP contribution in [0.5, 0.6) is 0 Å². The summed E-state index contributed by atoms with van der Waals surface area (Å²) in [6, 6.07) is 16.5. The molecule has 2 aromatic carbocycles. The van der Waals surface area contributed by atoms with Crippen LogP contribution in [0.4, 0.5) is 5.69 Å². The van der Waals surface area contributed by atoms with E-state index in [2.05, 4.69) is 10.6 Å². The average molecular weight is 504 g/mol. The average Bonchev–Trinajstić information content (AvgIpc) is 3.43. The topological polar surface area (TPSA) is 118 Å². The van der Waals surface area contributed by atoms with Gasteiger partial charge in [0.2, 0.25) is 15.9 Å². The van der Waals surface area contributed by atoms with Gasteiger partial charge in [0, 0.05) is 17.3 Å². The third-order valence-electron chi connectivity index (χ3n) is 5.62. The van der Waals surface area contributed by atoms with Crippen molar-refractivity contribution in [2.75, 3.05) is 5.32 Å². The van der Waals surface area contributed by atoms with Gasteiger partial charge in [-0.2, -0.15) is 0 Å². The number of rotatable bonds is 6. The minimum atomic E-state index is -3.87. The number of nitrogens with one attached hydrogen (secondary N) is 2. The van der Waals surface area contributed by atoms with E-state index in [1.165, 1.54) is 17.4 Å². The van der Waals surface area contributed by atoms with E-state index in [0.717, 1.165) is 12.8 Å². The first-order chi connectivity index (χ1) is 15.7. The van der Waals surface area contributed by atoms with E-state index in [-0.39, 0.29) is 28.7 Å². The molecule has 0 radical (unpaired) electrons. The summed E-state index contributed by atoms with van der Waals surface area (Å²) in [6.45, 7) is 0. The lowest BCUT2D eigenvalue weighted by Crippen LogP contribution is -2.41. The third kappa shape index (κ3) is 5.44. The molecular formula is C23H22ClN3O4S2. The van der Waals surface area contributed by atoms with Gasteiger partial charge in [0.1, 0.15) is 0 Å². The van der Waals surface area contributed by atoms with E-state index < -0.39 is 10.0 Å². The maximum atomic E-state index is 12.9. The number of amides is 2. The maximum absolute atomic E-state index is 12.9. The zero-order valence-electron chi connectivity index (χ0n) is 17.5. The molecule has 1 aliphatic rings. The van der Waals surface area contributed by atoms with Crippen molar-refractivity contribution in [3.8, 4) is 11.1 Å². The molecule has 1 saturated carbocycles. The largest absolute Gasteiger partial charge is 0.348 e. The molecule has 0 bridgehead atoms. The second-order valence-corrected chi connectivity index (χ2v) is 11.1. The lowest BCUT2D eigenvalue weighted by molar-refractivity contribution is -0.120. The van der Waals surface area contributed by atoms with E-state index in [1.54, 1.807) is 54.6 Å². The summed E-state index contributed by atoms with van der Waals surface area (Å²) < 4.78 is 24.3. The van der Waals surface area contributed by atoms with Gasteiger partial charge in [0.05, 0.1) is 20.0 Å². The summed E-state index contributed by atoms with van der Waals surface area (Å²) in [4.78, 5) is 25.9. The number of sulfonamides is 1. The first-order valence-electron chi connectivity index (χ1n) is 10.3. The van der Waals surface area contributed by atoms with Gasteiger partial charge in [-0.15, -0.1) is 11.3 Å². The molecule has 172 valence electrons. The molecule has 10 heteroatoms. The van der Waals surface area contributed by atoms with Crippen molar-refractivity contribution in [2.45, 2.75) is 30.2 Å². The minimum Gasteiger partial charge on any atom is -0.348 e. The van der Waals surface area contributed by atoms with Crippen LogP contribution < -0.4 is 15.8 Å². The summed E-state index contributed by atoms with van der Waals surface area (Å²) in [5.41, 5.74) is 1.74. The predicted molar refractivity (Wildman–Crippen MR) is 130 cm³/mol. The first kappa shape index (κ1) is 23.4. The predicted octanol–water partition coefficient (Wildman–Crippen LogP) is 4.25. The van der Waals surface area contributed by atoms with Crippen molar-refractivity contribution in [1.29, 1.82) is 0 Å². The molecule has 2 amide bonds. The number of benzene rings is 2. The number of hydrogen-bond acceptors (Lipinski definition) is 5. The van der Waals surface area contributed by atoms with Gasteiger partial charge in [-0.25, -0.2) is 13.6 Å². The monoisotopic (exact) mass is 503 g/mol. The highest BCUT2D eigenvalue weighted by Crippen LogP contribution is 2.30. The summed E-state index contributed by atoms with van der Waals surface area (Å²) in [5.74, 6) is -0.735. The molecule has 1 heterocycles. The van der Waals surface area contributed by atoms with Crippen molar-refractivity contribution >= 4 is 50.5 Å². The van der Waals surface area contributed by atoms with Crippen molar-refractivity contribution in [2.24, 2.45) is 11.1 Å². The van der Waals surface area contributed by atoms with E-state index >= 15 is 0 Å². The van der Waals surface area contributed by atoms with Gasteiger partial charge in [0.15, 0.2) is 0 Å². The molecular weight excluding hydrogens is 482 g/mol. The smallest absolute Gasteiger partial charge is 0.261 e. The van der Waals surface area contributed by atoms with Crippen molar-refractivity contribution in [3.63, 3.8) is 0 Å². The number of halogens is 1. The molecule has 0 unspecified atom stereocenters. The SMILES string of the molecule is NS(=O)(=O)c1ccccc1-c1ccc(NC(=O)[C@H]2CCC[C@H]2NC(=O)c2ccc(Cl)s2)cc1. The first-order valence-corrected chi connectivity index (χ1v) is 13.1. The Labute approximate surface area is 201 Å². The van der Waals surface area contributed by atoms with Gasteiger partial charge in [-0.05, 0) is 48.7 Å². The Bertz CT molecular complexity index is 1290. The quantitative estimate of drug-likeness (QED) is 0.465.